The molecule has 0 bridgehead atoms. The van der Waals surface area contributed by atoms with E-state index < -0.39 is 0 Å². The smallest absolute Gasteiger partial charge is 0.239 e. The number of amides is 2. The molecule has 0 aliphatic carbocycles. The molecule has 0 spiro atoms. The number of hydrogen-bond acceptors (Lipinski definition) is 3. The second-order valence-electron chi connectivity index (χ2n) is 7.28. The van der Waals surface area contributed by atoms with Gasteiger partial charge in [-0.2, -0.15) is 0 Å². The van der Waals surface area contributed by atoms with Crippen molar-refractivity contribution in [1.82, 2.24) is 9.80 Å². The van der Waals surface area contributed by atoms with Gasteiger partial charge in [-0.15, -0.1) is 0 Å². The number of hydrogen-bond donors (Lipinski definition) is 1. The number of anilines is 1. The summed E-state index contributed by atoms with van der Waals surface area (Å²) < 4.78 is 0. The molecule has 3 rings (SSSR count). The summed E-state index contributed by atoms with van der Waals surface area (Å²) in [5.74, 6) is -0.0554. The Kier molecular flexibility index (Phi) is 5.91. The van der Waals surface area contributed by atoms with Gasteiger partial charge in [0.15, 0.2) is 0 Å². The molecule has 0 radical (unpaired) electrons. The second-order valence-corrected chi connectivity index (χ2v) is 7.28. The summed E-state index contributed by atoms with van der Waals surface area (Å²) in [6.45, 7) is 5.41. The van der Waals surface area contributed by atoms with Crippen LogP contribution in [0.5, 0.6) is 0 Å². The first-order valence-corrected chi connectivity index (χ1v) is 9.36. The van der Waals surface area contributed by atoms with Gasteiger partial charge in [0.2, 0.25) is 11.8 Å². The first-order valence-electron chi connectivity index (χ1n) is 9.36. The van der Waals surface area contributed by atoms with Crippen molar-refractivity contribution in [3.05, 3.63) is 65.2 Å². The lowest BCUT2D eigenvalue weighted by Crippen LogP contribution is -2.49. The van der Waals surface area contributed by atoms with Crippen LogP contribution in [-0.2, 0) is 22.6 Å². The molecule has 1 aliphatic heterocycles. The summed E-state index contributed by atoms with van der Waals surface area (Å²) in [6.07, 6.45) is 0.881. The number of nitrogens with zero attached hydrogens (tertiary/aromatic N) is 2. The second kappa shape index (κ2) is 8.35. The highest BCUT2D eigenvalue weighted by atomic mass is 16.2. The molecule has 5 nitrogen and oxygen atoms in total. The number of benzene rings is 2. The predicted molar refractivity (Wildman–Crippen MR) is 107 cm³/mol. The number of rotatable bonds is 5. The Bertz CT molecular complexity index is 817. The van der Waals surface area contributed by atoms with E-state index in [0.29, 0.717) is 6.54 Å². The van der Waals surface area contributed by atoms with Gasteiger partial charge in [-0.3, -0.25) is 14.5 Å². The third-order valence-corrected chi connectivity index (χ3v) is 5.19. The molecular formula is C22H27N3O2. The molecule has 0 aromatic heterocycles. The molecule has 2 aromatic carbocycles. The van der Waals surface area contributed by atoms with Crippen LogP contribution in [0.4, 0.5) is 5.69 Å². The third kappa shape index (κ3) is 4.74. The summed E-state index contributed by atoms with van der Waals surface area (Å²) in [5.41, 5.74) is 4.45. The van der Waals surface area contributed by atoms with Gasteiger partial charge < -0.3 is 10.2 Å². The normalized spacial score (nSPS) is 14.6. The number of carbonyl (C=O) groups excluding carboxylic acids is 2. The van der Waals surface area contributed by atoms with Crippen molar-refractivity contribution in [2.75, 3.05) is 25.5 Å². The van der Waals surface area contributed by atoms with E-state index in [9.17, 15) is 9.59 Å². The number of likely N-dealkylation sites (N-methyl/N-ethyl adjacent to an activating group) is 1. The summed E-state index contributed by atoms with van der Waals surface area (Å²) >= 11 is 0. The fourth-order valence-electron chi connectivity index (χ4n) is 3.34. The van der Waals surface area contributed by atoms with E-state index in [0.717, 1.165) is 24.2 Å². The van der Waals surface area contributed by atoms with E-state index in [2.05, 4.69) is 17.4 Å². The summed E-state index contributed by atoms with van der Waals surface area (Å²) in [7, 11) is 1.81. The van der Waals surface area contributed by atoms with Gasteiger partial charge in [0.1, 0.15) is 0 Å². The molecule has 2 aromatic rings. The van der Waals surface area contributed by atoms with Crippen LogP contribution in [0.15, 0.2) is 48.5 Å². The van der Waals surface area contributed by atoms with E-state index in [1.54, 1.807) is 4.90 Å². The Labute approximate surface area is 161 Å². The van der Waals surface area contributed by atoms with Crippen molar-refractivity contribution in [1.29, 1.82) is 0 Å². The zero-order valence-corrected chi connectivity index (χ0v) is 16.2. The van der Waals surface area contributed by atoms with Crippen LogP contribution in [-0.4, -0.2) is 47.8 Å². The highest BCUT2D eigenvalue weighted by molar-refractivity contribution is 5.92. The molecule has 0 unspecified atom stereocenters. The molecule has 5 heteroatoms. The van der Waals surface area contributed by atoms with Crippen LogP contribution >= 0.6 is 0 Å². The summed E-state index contributed by atoms with van der Waals surface area (Å²) in [6, 6.07) is 15.6. The lowest BCUT2D eigenvalue weighted by Gasteiger charge is -2.33. The number of carbonyl (C=O) groups is 2. The highest BCUT2D eigenvalue weighted by Gasteiger charge is 2.27. The van der Waals surface area contributed by atoms with Gasteiger partial charge >= 0.3 is 0 Å². The fraction of sp³-hybridized carbons (Fsp3) is 0.364. The van der Waals surface area contributed by atoms with Crippen molar-refractivity contribution in [2.45, 2.75) is 32.9 Å². The molecule has 0 saturated carbocycles. The van der Waals surface area contributed by atoms with E-state index in [1.165, 1.54) is 11.1 Å². The molecule has 0 saturated heterocycles. The van der Waals surface area contributed by atoms with Crippen molar-refractivity contribution >= 4 is 17.5 Å². The molecule has 1 heterocycles. The lowest BCUT2D eigenvalue weighted by atomic mass is 9.99. The van der Waals surface area contributed by atoms with Crippen LogP contribution < -0.4 is 5.32 Å². The average molecular weight is 365 g/mol. The molecule has 27 heavy (non-hydrogen) atoms. The molecule has 1 atom stereocenters. The summed E-state index contributed by atoms with van der Waals surface area (Å²) in [5, 5.41) is 2.88. The molecule has 1 aliphatic rings. The Hall–Kier alpha value is -2.66. The minimum Gasteiger partial charge on any atom is -0.337 e. The maximum Gasteiger partial charge on any atom is 0.239 e. The van der Waals surface area contributed by atoms with Crippen molar-refractivity contribution < 1.29 is 9.59 Å². The van der Waals surface area contributed by atoms with E-state index in [-0.39, 0.29) is 24.4 Å². The standard InChI is InChI=1S/C22H27N3O2/c1-16-8-10-20(11-9-16)23-21(26)15-24(3)17(2)22(27)25-13-12-18-6-4-5-7-19(18)14-25/h4-11,17H,12-15H2,1-3H3,(H,23,26)/t17-/m0/s1. The maximum atomic E-state index is 12.9. The van der Waals surface area contributed by atoms with E-state index in [1.807, 2.05) is 62.2 Å². The molecule has 142 valence electrons. The summed E-state index contributed by atoms with van der Waals surface area (Å²) in [4.78, 5) is 28.9. The topological polar surface area (TPSA) is 52.7 Å². The van der Waals surface area contributed by atoms with Crippen LogP contribution in [0.1, 0.15) is 23.6 Å². The van der Waals surface area contributed by atoms with Crippen molar-refractivity contribution in [3.63, 3.8) is 0 Å². The molecule has 1 N–H and O–H groups in total. The first-order chi connectivity index (χ1) is 12.9. The van der Waals surface area contributed by atoms with Gasteiger partial charge in [0, 0.05) is 18.8 Å². The molecule has 2 amide bonds. The molecular weight excluding hydrogens is 338 g/mol. The Morgan fingerprint density at radius 2 is 1.78 bits per heavy atom. The monoisotopic (exact) mass is 365 g/mol. The maximum absolute atomic E-state index is 12.9. The average Bonchev–Trinajstić information content (AvgIpc) is 2.68. The fourth-order valence-corrected chi connectivity index (χ4v) is 3.34. The Balaban J connectivity index is 1.55. The van der Waals surface area contributed by atoms with E-state index in [4.69, 9.17) is 0 Å². The van der Waals surface area contributed by atoms with Gasteiger partial charge in [-0.1, -0.05) is 42.0 Å². The lowest BCUT2D eigenvalue weighted by molar-refractivity contribution is -0.137. The Morgan fingerprint density at radius 1 is 1.11 bits per heavy atom. The number of aryl methyl sites for hydroxylation is 1. The number of fused-ring (bicyclic) bond motifs is 1. The van der Waals surface area contributed by atoms with Crippen LogP contribution in [0, 0.1) is 6.92 Å². The van der Waals surface area contributed by atoms with Crippen molar-refractivity contribution in [2.24, 2.45) is 0 Å². The quantitative estimate of drug-likeness (QED) is 0.886. The minimum atomic E-state index is -0.348. The largest absolute Gasteiger partial charge is 0.337 e. The zero-order chi connectivity index (χ0) is 19.4. The molecule has 0 fully saturated rings. The Morgan fingerprint density at radius 3 is 2.48 bits per heavy atom. The first kappa shape index (κ1) is 19.1. The highest BCUT2D eigenvalue weighted by Crippen LogP contribution is 2.19. The minimum absolute atomic E-state index is 0.0649. The van der Waals surface area contributed by atoms with Gasteiger partial charge in [-0.05, 0) is 50.6 Å². The van der Waals surface area contributed by atoms with Crippen LogP contribution in [0.25, 0.3) is 0 Å². The van der Waals surface area contributed by atoms with Gasteiger partial charge in [-0.25, -0.2) is 0 Å². The third-order valence-electron chi connectivity index (χ3n) is 5.19. The predicted octanol–water partition coefficient (Wildman–Crippen LogP) is 2.84. The van der Waals surface area contributed by atoms with Gasteiger partial charge in [0.05, 0.1) is 12.6 Å². The van der Waals surface area contributed by atoms with E-state index >= 15 is 0 Å². The van der Waals surface area contributed by atoms with Crippen molar-refractivity contribution in [3.8, 4) is 0 Å². The number of nitrogens with one attached hydrogen (secondary N) is 1. The SMILES string of the molecule is Cc1ccc(NC(=O)CN(C)[C@@H](C)C(=O)N2CCc3ccccc3C2)cc1. The van der Waals surface area contributed by atoms with Gasteiger partial charge in [0.25, 0.3) is 0 Å². The van der Waals surface area contributed by atoms with Crippen LogP contribution in [0.2, 0.25) is 0 Å². The zero-order valence-electron chi connectivity index (χ0n) is 16.2. The van der Waals surface area contributed by atoms with Crippen LogP contribution in [0.3, 0.4) is 0 Å².